The van der Waals surface area contributed by atoms with Crippen LogP contribution in [-0.2, 0) is 0 Å². The van der Waals surface area contributed by atoms with Crippen LogP contribution in [0, 0.1) is 0 Å². The van der Waals surface area contributed by atoms with Crippen molar-refractivity contribution in [3.63, 3.8) is 0 Å². The molecule has 150 valence electrons. The number of hydrogen-bond acceptors (Lipinski definition) is 2. The molecule has 0 aliphatic carbocycles. The van der Waals surface area contributed by atoms with Crippen molar-refractivity contribution in [3.05, 3.63) is 53.3 Å². The van der Waals surface area contributed by atoms with E-state index in [1.807, 2.05) is 25.3 Å². The molecule has 0 saturated carbocycles. The summed E-state index contributed by atoms with van der Waals surface area (Å²) < 4.78 is 38.7. The van der Waals surface area contributed by atoms with Crippen LogP contribution in [-0.4, -0.2) is 41.6 Å². The van der Waals surface area contributed by atoms with Gasteiger partial charge in [-0.05, 0) is 30.7 Å². The quantitative estimate of drug-likeness (QED) is 0.329. The second kappa shape index (κ2) is 11.4. The molecule has 2 rings (SSSR count). The van der Waals surface area contributed by atoms with Crippen LogP contribution in [0.3, 0.4) is 0 Å². The maximum atomic E-state index is 12.3. The van der Waals surface area contributed by atoms with Crippen LogP contribution in [0.2, 0.25) is 5.02 Å². The number of benzene rings is 1. The molecular formula is C17H22ClF3IN5. The largest absolute Gasteiger partial charge is 0.390 e. The lowest BCUT2D eigenvalue weighted by Gasteiger charge is -2.18. The Bertz CT molecular complexity index is 690. The van der Waals surface area contributed by atoms with Crippen LogP contribution in [0.5, 0.6) is 0 Å². The molecule has 1 heterocycles. The van der Waals surface area contributed by atoms with E-state index in [1.165, 1.54) is 0 Å². The number of nitrogens with zero attached hydrogens (tertiary/aromatic N) is 3. The Morgan fingerprint density at radius 1 is 1.26 bits per heavy atom. The van der Waals surface area contributed by atoms with Crippen molar-refractivity contribution >= 4 is 41.5 Å². The zero-order valence-corrected chi connectivity index (χ0v) is 17.8. The molecule has 0 aliphatic rings. The van der Waals surface area contributed by atoms with Crippen molar-refractivity contribution < 1.29 is 13.2 Å². The molecule has 2 N–H and O–H groups in total. The summed E-state index contributed by atoms with van der Waals surface area (Å²) in [5.74, 6) is 0.336. The summed E-state index contributed by atoms with van der Waals surface area (Å²) in [6.07, 6.45) is -1.64. The minimum absolute atomic E-state index is 0. The third-order valence-electron chi connectivity index (χ3n) is 3.57. The second-order valence-corrected chi connectivity index (χ2v) is 6.00. The fraction of sp³-hybridized carbons (Fsp3) is 0.412. The van der Waals surface area contributed by atoms with Crippen molar-refractivity contribution in [2.24, 2.45) is 4.99 Å². The first-order valence-corrected chi connectivity index (χ1v) is 8.60. The van der Waals surface area contributed by atoms with Crippen molar-refractivity contribution in [2.75, 3.05) is 19.6 Å². The number of guanidine groups is 1. The highest BCUT2D eigenvalue weighted by molar-refractivity contribution is 14.0. The number of halogens is 5. The Balaban J connectivity index is 0.00000364. The van der Waals surface area contributed by atoms with E-state index in [-0.39, 0.29) is 36.6 Å². The van der Waals surface area contributed by atoms with Gasteiger partial charge in [-0.1, -0.05) is 23.7 Å². The van der Waals surface area contributed by atoms with Gasteiger partial charge in [0.25, 0.3) is 0 Å². The van der Waals surface area contributed by atoms with Crippen LogP contribution in [0.15, 0.2) is 47.7 Å². The Kier molecular flexibility index (Phi) is 9.92. The fourth-order valence-electron chi connectivity index (χ4n) is 2.33. The van der Waals surface area contributed by atoms with E-state index < -0.39 is 12.6 Å². The Morgan fingerprint density at radius 2 is 1.96 bits per heavy atom. The maximum Gasteiger partial charge on any atom is 0.390 e. The number of hydrogen-bond donors (Lipinski definition) is 2. The highest BCUT2D eigenvalue weighted by Crippen LogP contribution is 2.21. The van der Waals surface area contributed by atoms with E-state index in [0.717, 1.165) is 5.56 Å². The SMILES string of the molecule is CCNC(=NCC(c1ccc(Cl)cc1)n1cccn1)NCCC(F)(F)F.I. The molecule has 5 nitrogen and oxygen atoms in total. The molecular weight excluding hydrogens is 494 g/mol. The van der Waals surface area contributed by atoms with E-state index in [2.05, 4.69) is 20.7 Å². The Hall–Kier alpha value is -1.49. The molecule has 0 aliphatic heterocycles. The van der Waals surface area contributed by atoms with Gasteiger partial charge in [-0.25, -0.2) is 0 Å². The van der Waals surface area contributed by atoms with Gasteiger partial charge in [0.1, 0.15) is 0 Å². The summed E-state index contributed by atoms with van der Waals surface area (Å²) in [4.78, 5) is 4.42. The van der Waals surface area contributed by atoms with Crippen LogP contribution in [0.4, 0.5) is 13.2 Å². The average Bonchev–Trinajstić information content (AvgIpc) is 3.09. The van der Waals surface area contributed by atoms with Gasteiger partial charge in [-0.2, -0.15) is 18.3 Å². The zero-order chi connectivity index (χ0) is 19.0. The summed E-state index contributed by atoms with van der Waals surface area (Å²) in [5, 5.41) is 10.5. The van der Waals surface area contributed by atoms with Gasteiger partial charge in [0.15, 0.2) is 5.96 Å². The molecule has 0 amide bonds. The van der Waals surface area contributed by atoms with Gasteiger partial charge in [-0.3, -0.25) is 9.67 Å². The van der Waals surface area contributed by atoms with Gasteiger partial charge in [-0.15, -0.1) is 24.0 Å². The lowest BCUT2D eigenvalue weighted by molar-refractivity contribution is -0.132. The predicted octanol–water partition coefficient (Wildman–Crippen LogP) is 4.25. The molecule has 0 spiro atoms. The monoisotopic (exact) mass is 515 g/mol. The summed E-state index contributed by atoms with van der Waals surface area (Å²) >= 11 is 5.94. The molecule has 27 heavy (non-hydrogen) atoms. The lowest BCUT2D eigenvalue weighted by Crippen LogP contribution is -2.39. The smallest absolute Gasteiger partial charge is 0.357 e. The van der Waals surface area contributed by atoms with Gasteiger partial charge in [0, 0.05) is 30.5 Å². The number of rotatable bonds is 7. The van der Waals surface area contributed by atoms with E-state index in [0.29, 0.717) is 24.1 Å². The summed E-state index contributed by atoms with van der Waals surface area (Å²) in [6, 6.07) is 8.94. The van der Waals surface area contributed by atoms with E-state index >= 15 is 0 Å². The highest BCUT2D eigenvalue weighted by atomic mass is 127. The molecule has 0 radical (unpaired) electrons. The maximum absolute atomic E-state index is 12.3. The van der Waals surface area contributed by atoms with Crippen LogP contribution in [0.25, 0.3) is 0 Å². The fourth-order valence-corrected chi connectivity index (χ4v) is 2.46. The first-order chi connectivity index (χ1) is 12.4. The van der Waals surface area contributed by atoms with Crippen molar-refractivity contribution in [1.29, 1.82) is 0 Å². The third kappa shape index (κ3) is 8.37. The second-order valence-electron chi connectivity index (χ2n) is 5.57. The summed E-state index contributed by atoms with van der Waals surface area (Å²) in [6.45, 7) is 2.48. The molecule has 1 aromatic carbocycles. The van der Waals surface area contributed by atoms with Crippen molar-refractivity contribution in [1.82, 2.24) is 20.4 Å². The topological polar surface area (TPSA) is 54.2 Å². The molecule has 1 unspecified atom stereocenters. The lowest BCUT2D eigenvalue weighted by atomic mass is 10.1. The first kappa shape index (κ1) is 23.5. The Morgan fingerprint density at radius 3 is 2.52 bits per heavy atom. The number of aliphatic imine (C=N–C) groups is 1. The molecule has 1 atom stereocenters. The van der Waals surface area contributed by atoms with Crippen LogP contribution >= 0.6 is 35.6 Å². The van der Waals surface area contributed by atoms with Crippen molar-refractivity contribution in [3.8, 4) is 0 Å². The van der Waals surface area contributed by atoms with Crippen molar-refractivity contribution in [2.45, 2.75) is 25.6 Å². The normalized spacial score (nSPS) is 13.0. The molecule has 0 saturated heterocycles. The summed E-state index contributed by atoms with van der Waals surface area (Å²) in [5.41, 5.74) is 0.952. The molecule has 0 fully saturated rings. The predicted molar refractivity (Wildman–Crippen MR) is 112 cm³/mol. The molecule has 0 bridgehead atoms. The average molecular weight is 516 g/mol. The minimum Gasteiger partial charge on any atom is -0.357 e. The van der Waals surface area contributed by atoms with Gasteiger partial charge in [0.2, 0.25) is 0 Å². The van der Waals surface area contributed by atoms with E-state index in [1.54, 1.807) is 29.1 Å². The third-order valence-corrected chi connectivity index (χ3v) is 3.82. The first-order valence-electron chi connectivity index (χ1n) is 8.22. The minimum atomic E-state index is -4.20. The molecule has 10 heteroatoms. The number of alkyl halides is 3. The van der Waals surface area contributed by atoms with Crippen LogP contribution in [0.1, 0.15) is 24.9 Å². The van der Waals surface area contributed by atoms with E-state index in [9.17, 15) is 13.2 Å². The van der Waals surface area contributed by atoms with E-state index in [4.69, 9.17) is 11.6 Å². The molecule has 1 aromatic heterocycles. The molecule has 2 aromatic rings. The number of aromatic nitrogens is 2. The van der Waals surface area contributed by atoms with Gasteiger partial charge < -0.3 is 10.6 Å². The van der Waals surface area contributed by atoms with Gasteiger partial charge >= 0.3 is 6.18 Å². The van der Waals surface area contributed by atoms with Crippen LogP contribution < -0.4 is 10.6 Å². The highest BCUT2D eigenvalue weighted by Gasteiger charge is 2.26. The Labute approximate surface area is 178 Å². The zero-order valence-electron chi connectivity index (χ0n) is 14.7. The summed E-state index contributed by atoms with van der Waals surface area (Å²) in [7, 11) is 0. The standard InChI is InChI=1S/C17H21ClF3N5.HI/c1-2-22-16(23-10-8-17(19,20)21)24-12-15(26-11-3-9-25-26)13-4-6-14(18)7-5-13;/h3-7,9,11,15H,2,8,10,12H2,1H3,(H2,22,23,24);1H. The van der Waals surface area contributed by atoms with Gasteiger partial charge in [0.05, 0.1) is 19.0 Å². The number of nitrogens with one attached hydrogen (secondary N) is 2.